The highest BCUT2D eigenvalue weighted by Crippen LogP contribution is 2.25. The molecule has 8 nitrogen and oxygen atoms in total. The molecule has 4 rings (SSSR count). The third-order valence-electron chi connectivity index (χ3n) is 4.56. The molecule has 1 amide bonds. The molecule has 1 fully saturated rings. The SMILES string of the molecule is CN(C)C(=O)c1cc2cnc(Nc3ccc(N4CCOCC4)c(F)c3)nc2[nH]1. The van der Waals surface area contributed by atoms with E-state index >= 15 is 0 Å². The van der Waals surface area contributed by atoms with Crippen LogP contribution in [-0.4, -0.2) is 66.2 Å². The van der Waals surface area contributed by atoms with Gasteiger partial charge in [-0.15, -0.1) is 0 Å². The van der Waals surface area contributed by atoms with E-state index < -0.39 is 0 Å². The van der Waals surface area contributed by atoms with E-state index in [4.69, 9.17) is 4.74 Å². The summed E-state index contributed by atoms with van der Waals surface area (Å²) in [5, 5.41) is 3.73. The van der Waals surface area contributed by atoms with Gasteiger partial charge in [0.15, 0.2) is 0 Å². The van der Waals surface area contributed by atoms with Crippen LogP contribution in [0.25, 0.3) is 11.0 Å². The molecule has 0 spiro atoms. The average Bonchev–Trinajstić information content (AvgIpc) is 3.11. The van der Waals surface area contributed by atoms with Crippen LogP contribution in [0.5, 0.6) is 0 Å². The first-order valence-electron chi connectivity index (χ1n) is 8.98. The van der Waals surface area contributed by atoms with Gasteiger partial charge < -0.3 is 24.8 Å². The Balaban J connectivity index is 1.54. The van der Waals surface area contributed by atoms with E-state index in [9.17, 15) is 9.18 Å². The molecule has 2 aromatic heterocycles. The van der Waals surface area contributed by atoms with Gasteiger partial charge in [-0.2, -0.15) is 4.98 Å². The first-order chi connectivity index (χ1) is 13.5. The van der Waals surface area contributed by atoms with Gasteiger partial charge in [0.1, 0.15) is 17.2 Å². The molecule has 3 aromatic rings. The molecule has 2 N–H and O–H groups in total. The number of amides is 1. The van der Waals surface area contributed by atoms with Crippen LogP contribution >= 0.6 is 0 Å². The van der Waals surface area contributed by atoms with Crippen LogP contribution in [0.2, 0.25) is 0 Å². The second-order valence-corrected chi connectivity index (χ2v) is 6.77. The number of ether oxygens (including phenoxy) is 1. The lowest BCUT2D eigenvalue weighted by Crippen LogP contribution is -2.36. The van der Waals surface area contributed by atoms with Crippen LogP contribution < -0.4 is 10.2 Å². The highest BCUT2D eigenvalue weighted by atomic mass is 19.1. The standard InChI is InChI=1S/C19H21FN6O2/c1-25(2)18(27)15-9-12-11-21-19(24-17(12)23-15)22-13-3-4-16(14(20)10-13)26-5-7-28-8-6-26/h3-4,9-11H,5-8H2,1-2H3,(H2,21,22,23,24). The molecule has 0 aliphatic carbocycles. The lowest BCUT2D eigenvalue weighted by Gasteiger charge is -2.29. The van der Waals surface area contributed by atoms with E-state index in [1.165, 1.54) is 11.0 Å². The highest BCUT2D eigenvalue weighted by molar-refractivity contribution is 5.97. The fourth-order valence-corrected chi connectivity index (χ4v) is 3.11. The number of halogens is 1. The normalized spacial score (nSPS) is 14.3. The summed E-state index contributed by atoms with van der Waals surface area (Å²) in [7, 11) is 3.36. The van der Waals surface area contributed by atoms with Crippen LogP contribution in [0.3, 0.4) is 0 Å². The number of carbonyl (C=O) groups excluding carboxylic acids is 1. The average molecular weight is 384 g/mol. The molecular weight excluding hydrogens is 363 g/mol. The number of morpholine rings is 1. The van der Waals surface area contributed by atoms with Crippen molar-refractivity contribution in [1.82, 2.24) is 19.9 Å². The molecule has 0 unspecified atom stereocenters. The zero-order valence-electron chi connectivity index (χ0n) is 15.7. The molecule has 28 heavy (non-hydrogen) atoms. The van der Waals surface area contributed by atoms with Gasteiger partial charge in [-0.3, -0.25) is 4.79 Å². The molecule has 146 valence electrons. The van der Waals surface area contributed by atoms with Gasteiger partial charge in [0.05, 0.1) is 18.9 Å². The minimum Gasteiger partial charge on any atom is -0.378 e. The van der Waals surface area contributed by atoms with Gasteiger partial charge in [0, 0.05) is 44.5 Å². The van der Waals surface area contributed by atoms with Crippen molar-refractivity contribution < 1.29 is 13.9 Å². The number of aromatic amines is 1. The molecule has 0 saturated carbocycles. The zero-order valence-corrected chi connectivity index (χ0v) is 15.7. The Morgan fingerprint density at radius 3 is 2.79 bits per heavy atom. The maximum atomic E-state index is 14.5. The highest BCUT2D eigenvalue weighted by Gasteiger charge is 2.16. The smallest absolute Gasteiger partial charge is 0.269 e. The second-order valence-electron chi connectivity index (χ2n) is 6.77. The molecule has 3 heterocycles. The number of nitrogens with zero attached hydrogens (tertiary/aromatic N) is 4. The third kappa shape index (κ3) is 3.61. The van der Waals surface area contributed by atoms with Gasteiger partial charge in [-0.05, 0) is 24.3 Å². The van der Waals surface area contributed by atoms with Crippen molar-refractivity contribution >= 4 is 34.3 Å². The number of rotatable bonds is 4. The molecule has 1 aliphatic heterocycles. The van der Waals surface area contributed by atoms with Crippen molar-refractivity contribution in [3.8, 4) is 0 Å². The van der Waals surface area contributed by atoms with E-state index in [-0.39, 0.29) is 11.7 Å². The summed E-state index contributed by atoms with van der Waals surface area (Å²) in [5.41, 5.74) is 2.08. The van der Waals surface area contributed by atoms with Crippen LogP contribution in [0.1, 0.15) is 10.5 Å². The first kappa shape index (κ1) is 18.2. The minimum absolute atomic E-state index is 0.145. The van der Waals surface area contributed by atoms with Gasteiger partial charge in [0.25, 0.3) is 5.91 Å². The summed E-state index contributed by atoms with van der Waals surface area (Å²) in [5.74, 6) is -0.142. The van der Waals surface area contributed by atoms with Crippen LogP contribution in [0.15, 0.2) is 30.5 Å². The zero-order chi connectivity index (χ0) is 19.7. The molecule has 1 saturated heterocycles. The molecular formula is C19H21FN6O2. The summed E-state index contributed by atoms with van der Waals surface area (Å²) in [6.45, 7) is 2.54. The number of fused-ring (bicyclic) bond motifs is 1. The maximum Gasteiger partial charge on any atom is 0.269 e. The summed E-state index contributed by atoms with van der Waals surface area (Å²) in [6.07, 6.45) is 1.62. The third-order valence-corrected chi connectivity index (χ3v) is 4.56. The van der Waals surface area contributed by atoms with E-state index in [2.05, 4.69) is 20.3 Å². The molecule has 0 bridgehead atoms. The Morgan fingerprint density at radius 1 is 1.29 bits per heavy atom. The lowest BCUT2D eigenvalue weighted by atomic mass is 10.2. The summed E-state index contributed by atoms with van der Waals surface area (Å²) >= 11 is 0. The number of hydrogen-bond donors (Lipinski definition) is 2. The predicted octanol–water partition coefficient (Wildman–Crippen LogP) is 2.38. The van der Waals surface area contributed by atoms with E-state index in [0.717, 1.165) is 5.39 Å². The van der Waals surface area contributed by atoms with Crippen LogP contribution in [0.4, 0.5) is 21.7 Å². The Labute approximate surface area is 161 Å². The number of aromatic nitrogens is 3. The first-order valence-corrected chi connectivity index (χ1v) is 8.98. The number of carbonyl (C=O) groups is 1. The Bertz CT molecular complexity index is 1010. The van der Waals surface area contributed by atoms with Crippen LogP contribution in [-0.2, 0) is 4.74 Å². The Hall–Kier alpha value is -3.20. The van der Waals surface area contributed by atoms with Crippen molar-refractivity contribution in [1.29, 1.82) is 0 Å². The largest absolute Gasteiger partial charge is 0.378 e. The van der Waals surface area contributed by atoms with E-state index in [1.54, 1.807) is 38.5 Å². The van der Waals surface area contributed by atoms with Gasteiger partial charge in [0.2, 0.25) is 5.95 Å². The summed E-state index contributed by atoms with van der Waals surface area (Å²) in [6, 6.07) is 6.66. The van der Waals surface area contributed by atoms with Gasteiger partial charge in [-0.1, -0.05) is 0 Å². The minimum atomic E-state index is -0.313. The molecule has 1 aromatic carbocycles. The van der Waals surface area contributed by atoms with Gasteiger partial charge in [-0.25, -0.2) is 9.37 Å². The van der Waals surface area contributed by atoms with Crippen molar-refractivity contribution in [3.05, 3.63) is 42.0 Å². The lowest BCUT2D eigenvalue weighted by molar-refractivity contribution is 0.0823. The number of H-pyrrole nitrogens is 1. The van der Waals surface area contributed by atoms with Crippen molar-refractivity contribution in [2.45, 2.75) is 0 Å². The van der Waals surface area contributed by atoms with Crippen molar-refractivity contribution in [2.75, 3.05) is 50.6 Å². The van der Waals surface area contributed by atoms with E-state index in [1.807, 2.05) is 4.90 Å². The number of benzene rings is 1. The molecule has 1 aliphatic rings. The summed E-state index contributed by atoms with van der Waals surface area (Å²) < 4.78 is 19.9. The molecule has 0 atom stereocenters. The number of nitrogens with one attached hydrogen (secondary N) is 2. The topological polar surface area (TPSA) is 86.4 Å². The Morgan fingerprint density at radius 2 is 2.07 bits per heavy atom. The number of anilines is 3. The van der Waals surface area contributed by atoms with E-state index in [0.29, 0.717) is 55.0 Å². The predicted molar refractivity (Wildman–Crippen MR) is 105 cm³/mol. The monoisotopic (exact) mass is 384 g/mol. The summed E-state index contributed by atoms with van der Waals surface area (Å²) in [4.78, 5) is 27.1. The quantitative estimate of drug-likeness (QED) is 0.718. The molecule has 0 radical (unpaired) electrons. The van der Waals surface area contributed by atoms with Crippen molar-refractivity contribution in [3.63, 3.8) is 0 Å². The molecule has 9 heteroatoms. The fraction of sp³-hybridized carbons (Fsp3) is 0.316. The Kier molecular flexibility index (Phi) is 4.82. The van der Waals surface area contributed by atoms with Crippen LogP contribution in [0, 0.1) is 5.82 Å². The van der Waals surface area contributed by atoms with Crippen molar-refractivity contribution in [2.24, 2.45) is 0 Å². The number of hydrogen-bond acceptors (Lipinski definition) is 6. The fourth-order valence-electron chi connectivity index (χ4n) is 3.11. The second kappa shape index (κ2) is 7.43. The van der Waals surface area contributed by atoms with Gasteiger partial charge >= 0.3 is 0 Å². The maximum absolute atomic E-state index is 14.5.